The Balaban J connectivity index is 1.63. The van der Waals surface area contributed by atoms with Gasteiger partial charge in [-0.05, 0) is 42.5 Å². The molecule has 1 aliphatic rings. The number of aliphatic imine (C=N–C) groups is 1. The lowest BCUT2D eigenvalue weighted by molar-refractivity contribution is -0.129. The lowest BCUT2D eigenvalue weighted by atomic mass is 10.2. The molecule has 0 N–H and O–H groups in total. The van der Waals surface area contributed by atoms with Gasteiger partial charge in [-0.2, -0.15) is 0 Å². The van der Waals surface area contributed by atoms with E-state index in [0.29, 0.717) is 21.6 Å². The quantitative estimate of drug-likeness (QED) is 0.436. The molecule has 6 heteroatoms. The number of carbonyl (C=O) groups is 1. The van der Waals surface area contributed by atoms with Crippen molar-refractivity contribution in [3.05, 3.63) is 87.7 Å². The number of hydrogen-bond donors (Lipinski definition) is 0. The molecule has 2 aromatic carbocycles. The highest BCUT2D eigenvalue weighted by atomic mass is 35.5. The third kappa shape index (κ3) is 3.29. The number of benzene rings is 2. The van der Waals surface area contributed by atoms with Gasteiger partial charge >= 0.3 is 5.97 Å². The standard InChI is InChI=1S/C20H11Cl2NO3/c21-15-8-6-13(10-16(15)22)18-9-7-14(25-18)11-17-20(24)26-19(23-17)12-4-2-1-3-5-12/h1-11H/b17-11-. The van der Waals surface area contributed by atoms with Crippen LogP contribution < -0.4 is 0 Å². The number of esters is 1. The van der Waals surface area contributed by atoms with E-state index in [-0.39, 0.29) is 11.6 Å². The first-order valence-corrected chi connectivity index (χ1v) is 8.49. The summed E-state index contributed by atoms with van der Waals surface area (Å²) in [6.07, 6.45) is 1.54. The molecule has 0 atom stereocenters. The minimum atomic E-state index is -0.517. The SMILES string of the molecule is O=C1OC(c2ccccc2)=N/C1=C\c1ccc(-c2ccc(Cl)c(Cl)c2)o1. The summed E-state index contributed by atoms with van der Waals surface area (Å²) >= 11 is 12.0. The Morgan fingerprint density at radius 2 is 1.69 bits per heavy atom. The van der Waals surface area contributed by atoms with Gasteiger partial charge in [0.25, 0.3) is 0 Å². The summed E-state index contributed by atoms with van der Waals surface area (Å²) in [4.78, 5) is 16.3. The summed E-state index contributed by atoms with van der Waals surface area (Å²) in [7, 11) is 0. The fourth-order valence-electron chi connectivity index (χ4n) is 2.48. The number of ether oxygens (including phenoxy) is 1. The molecule has 3 aromatic rings. The highest BCUT2D eigenvalue weighted by Crippen LogP contribution is 2.30. The molecule has 128 valence electrons. The summed E-state index contributed by atoms with van der Waals surface area (Å²) in [6, 6.07) is 18.0. The summed E-state index contributed by atoms with van der Waals surface area (Å²) in [6.45, 7) is 0. The molecular formula is C20H11Cl2NO3. The molecule has 0 unspecified atom stereocenters. The zero-order chi connectivity index (χ0) is 18.1. The maximum absolute atomic E-state index is 12.0. The van der Waals surface area contributed by atoms with Gasteiger partial charge < -0.3 is 9.15 Å². The van der Waals surface area contributed by atoms with Gasteiger partial charge in [-0.25, -0.2) is 9.79 Å². The van der Waals surface area contributed by atoms with Crippen molar-refractivity contribution < 1.29 is 13.9 Å². The van der Waals surface area contributed by atoms with Gasteiger partial charge in [-0.3, -0.25) is 0 Å². The molecular weight excluding hydrogens is 373 g/mol. The number of carbonyl (C=O) groups excluding carboxylic acids is 1. The van der Waals surface area contributed by atoms with Crippen LogP contribution >= 0.6 is 23.2 Å². The first-order chi connectivity index (χ1) is 12.6. The molecule has 1 aromatic heterocycles. The summed E-state index contributed by atoms with van der Waals surface area (Å²) in [5, 5.41) is 0.915. The van der Waals surface area contributed by atoms with E-state index in [9.17, 15) is 4.79 Å². The number of halogens is 2. The highest BCUT2D eigenvalue weighted by Gasteiger charge is 2.24. The van der Waals surface area contributed by atoms with Crippen molar-refractivity contribution in [1.29, 1.82) is 0 Å². The van der Waals surface area contributed by atoms with E-state index in [2.05, 4.69) is 4.99 Å². The lowest BCUT2D eigenvalue weighted by Crippen LogP contribution is -2.04. The topological polar surface area (TPSA) is 51.8 Å². The Bertz CT molecular complexity index is 1050. The third-order valence-electron chi connectivity index (χ3n) is 3.75. The number of hydrogen-bond acceptors (Lipinski definition) is 4. The second-order valence-electron chi connectivity index (χ2n) is 5.53. The van der Waals surface area contributed by atoms with Crippen LogP contribution in [0.2, 0.25) is 10.0 Å². The Labute approximate surface area is 159 Å². The molecule has 0 saturated carbocycles. The largest absolute Gasteiger partial charge is 0.457 e. The normalized spacial score (nSPS) is 15.2. The molecule has 0 fully saturated rings. The maximum atomic E-state index is 12.0. The smallest absolute Gasteiger partial charge is 0.363 e. The van der Waals surface area contributed by atoms with Crippen LogP contribution in [0.25, 0.3) is 17.4 Å². The summed E-state index contributed by atoms with van der Waals surface area (Å²) in [5.74, 6) is 0.847. The predicted octanol–water partition coefficient (Wildman–Crippen LogP) is 5.60. The van der Waals surface area contributed by atoms with E-state index in [1.807, 2.05) is 30.3 Å². The van der Waals surface area contributed by atoms with Crippen LogP contribution in [0.5, 0.6) is 0 Å². The Morgan fingerprint density at radius 3 is 2.46 bits per heavy atom. The molecule has 0 bridgehead atoms. The molecule has 0 radical (unpaired) electrons. The van der Waals surface area contributed by atoms with Crippen LogP contribution in [0.3, 0.4) is 0 Å². The zero-order valence-corrected chi connectivity index (χ0v) is 14.8. The molecule has 4 rings (SSSR count). The molecule has 0 spiro atoms. The zero-order valence-electron chi connectivity index (χ0n) is 13.3. The van der Waals surface area contributed by atoms with Crippen molar-refractivity contribution in [2.24, 2.45) is 4.99 Å². The molecule has 1 aliphatic heterocycles. The van der Waals surface area contributed by atoms with Crippen molar-refractivity contribution in [2.75, 3.05) is 0 Å². The van der Waals surface area contributed by atoms with Gasteiger partial charge in [-0.15, -0.1) is 0 Å². The monoisotopic (exact) mass is 383 g/mol. The van der Waals surface area contributed by atoms with E-state index in [1.54, 1.807) is 36.4 Å². The van der Waals surface area contributed by atoms with E-state index in [0.717, 1.165) is 11.1 Å². The van der Waals surface area contributed by atoms with Crippen molar-refractivity contribution in [3.63, 3.8) is 0 Å². The number of cyclic esters (lactones) is 1. The molecule has 2 heterocycles. The van der Waals surface area contributed by atoms with Gasteiger partial charge in [0.2, 0.25) is 5.90 Å². The average molecular weight is 384 g/mol. The second kappa shape index (κ2) is 6.83. The molecule has 26 heavy (non-hydrogen) atoms. The number of nitrogens with zero attached hydrogens (tertiary/aromatic N) is 1. The minimum Gasteiger partial charge on any atom is -0.457 e. The fourth-order valence-corrected chi connectivity index (χ4v) is 2.78. The van der Waals surface area contributed by atoms with Crippen molar-refractivity contribution >= 4 is 41.1 Å². The number of rotatable bonds is 3. The minimum absolute atomic E-state index is 0.180. The number of furan rings is 1. The van der Waals surface area contributed by atoms with Crippen LogP contribution in [0.4, 0.5) is 0 Å². The van der Waals surface area contributed by atoms with E-state index < -0.39 is 5.97 Å². The van der Waals surface area contributed by atoms with Gasteiger partial charge in [0.1, 0.15) is 11.5 Å². The Hall–Kier alpha value is -2.82. The Kier molecular flexibility index (Phi) is 4.37. The van der Waals surface area contributed by atoms with E-state index in [4.69, 9.17) is 32.4 Å². The summed E-state index contributed by atoms with van der Waals surface area (Å²) in [5.41, 5.74) is 1.70. The van der Waals surface area contributed by atoms with Gasteiger partial charge in [0, 0.05) is 17.2 Å². The van der Waals surface area contributed by atoms with Crippen molar-refractivity contribution in [1.82, 2.24) is 0 Å². The molecule has 0 aliphatic carbocycles. The van der Waals surface area contributed by atoms with Crippen LogP contribution in [-0.2, 0) is 9.53 Å². The van der Waals surface area contributed by atoms with Crippen LogP contribution in [0.15, 0.2) is 75.8 Å². The van der Waals surface area contributed by atoms with Crippen LogP contribution in [0, 0.1) is 0 Å². The van der Waals surface area contributed by atoms with E-state index in [1.165, 1.54) is 0 Å². The highest BCUT2D eigenvalue weighted by molar-refractivity contribution is 6.42. The van der Waals surface area contributed by atoms with E-state index >= 15 is 0 Å². The van der Waals surface area contributed by atoms with Crippen LogP contribution in [0.1, 0.15) is 11.3 Å². The first-order valence-electron chi connectivity index (χ1n) is 7.73. The summed E-state index contributed by atoms with van der Waals surface area (Å²) < 4.78 is 11.0. The van der Waals surface area contributed by atoms with Crippen molar-refractivity contribution in [3.8, 4) is 11.3 Å². The molecule has 4 nitrogen and oxygen atoms in total. The van der Waals surface area contributed by atoms with Crippen LogP contribution in [-0.4, -0.2) is 11.9 Å². The fraction of sp³-hybridized carbons (Fsp3) is 0. The van der Waals surface area contributed by atoms with Crippen molar-refractivity contribution in [2.45, 2.75) is 0 Å². The Morgan fingerprint density at radius 1 is 0.885 bits per heavy atom. The predicted molar refractivity (Wildman–Crippen MR) is 101 cm³/mol. The lowest BCUT2D eigenvalue weighted by Gasteiger charge is -1.99. The van der Waals surface area contributed by atoms with Gasteiger partial charge in [0.05, 0.1) is 10.0 Å². The average Bonchev–Trinajstić information content (AvgIpc) is 3.26. The van der Waals surface area contributed by atoms with Gasteiger partial charge in [-0.1, -0.05) is 41.4 Å². The third-order valence-corrected chi connectivity index (χ3v) is 4.49. The molecule has 0 amide bonds. The molecule has 0 saturated heterocycles. The van der Waals surface area contributed by atoms with Gasteiger partial charge in [0.15, 0.2) is 5.70 Å². The maximum Gasteiger partial charge on any atom is 0.363 e. The second-order valence-corrected chi connectivity index (χ2v) is 6.35. The first kappa shape index (κ1) is 16.6.